The molecule has 37 heteroatoms. The fraction of sp³-hybridized carbons (Fsp3) is 0.600. The lowest BCUT2D eigenvalue weighted by molar-refractivity contribution is 0.0203. The van der Waals surface area contributed by atoms with Gasteiger partial charge in [-0.1, -0.05) is 0 Å². The number of amides is 7. The maximum Gasteiger partial charge on any atom is 0.411 e. The van der Waals surface area contributed by atoms with Crippen LogP contribution in [0, 0.1) is 21.4 Å². The number of carbonyl (C=O) groups excluding carboxylic acids is 6. The molecular weight excluding hydrogens is 1780 g/mol. The van der Waals surface area contributed by atoms with Gasteiger partial charge in [0.25, 0.3) is 23.6 Å². The van der Waals surface area contributed by atoms with Gasteiger partial charge in [-0.15, -0.1) is 0 Å². The maximum atomic E-state index is 14.4. The highest BCUT2D eigenvalue weighted by atomic mass is 127. The Hall–Kier alpha value is -1.44. The predicted octanol–water partition coefficient (Wildman–Crippen LogP) is -5.36. The standard InChI is InChI=1S/C45H65I6N7O24/c46-32-28(40(76)55(2-20(68)10-59)3-21(69)11-60)34(48)38(35(49)29(32)41(77)56(4-22(70)12-61)5-23(71)13-62)53-44(80)52-1-19(67)18-82-45(81)54-39-36(50)30(42(78)57(6-24(72)14-63)7-25(73)15-64)33(47)31(37(39)51)43(79)58(8-26(74)16-65)9-27(75)17-66/h19-27,59-75H,1-18H2,(H,54,81)(H2,52,53,80). The summed E-state index contributed by atoms with van der Waals surface area (Å²) >= 11 is 9.87. The Morgan fingerprint density at radius 3 is 0.793 bits per heavy atom. The van der Waals surface area contributed by atoms with Gasteiger partial charge in [0.2, 0.25) is 0 Å². The number of ether oxygens (including phenoxy) is 1. The summed E-state index contributed by atoms with van der Waals surface area (Å²) in [7, 11) is 0. The molecule has 0 fully saturated rings. The number of hydrogen-bond acceptors (Lipinski definition) is 24. The molecule has 9 unspecified atom stereocenters. The van der Waals surface area contributed by atoms with Crippen molar-refractivity contribution in [1.29, 1.82) is 0 Å². The Morgan fingerprint density at radius 2 is 0.573 bits per heavy atom. The van der Waals surface area contributed by atoms with Gasteiger partial charge in [0.1, 0.15) is 12.7 Å². The lowest BCUT2D eigenvalue weighted by Crippen LogP contribution is -2.46. The number of carbonyl (C=O) groups is 6. The molecule has 0 spiro atoms. The highest BCUT2D eigenvalue weighted by Crippen LogP contribution is 2.39. The highest BCUT2D eigenvalue weighted by Gasteiger charge is 2.37. The van der Waals surface area contributed by atoms with E-state index in [4.69, 9.17) is 4.74 Å². The summed E-state index contributed by atoms with van der Waals surface area (Å²) in [5.41, 5.74) is -1.88. The van der Waals surface area contributed by atoms with Crippen LogP contribution in [0.5, 0.6) is 0 Å². The smallest absolute Gasteiger partial charge is 0.411 e. The number of benzene rings is 2. The van der Waals surface area contributed by atoms with Crippen LogP contribution in [0.25, 0.3) is 0 Å². The molecule has 0 aliphatic carbocycles. The zero-order valence-corrected chi connectivity index (χ0v) is 55.9. The summed E-state index contributed by atoms with van der Waals surface area (Å²) in [6, 6.07) is -1.11. The molecule has 82 heavy (non-hydrogen) atoms. The number of nitrogens with zero attached hydrogens (tertiary/aromatic N) is 4. The van der Waals surface area contributed by atoms with E-state index in [1.807, 2.05) is 0 Å². The summed E-state index contributed by atoms with van der Waals surface area (Å²) in [4.78, 5) is 88.3. The Morgan fingerprint density at radius 1 is 0.354 bits per heavy atom. The first-order chi connectivity index (χ1) is 38.5. The highest BCUT2D eigenvalue weighted by molar-refractivity contribution is 14.1. The van der Waals surface area contributed by atoms with E-state index < -0.39 is 209 Å². The molecule has 0 radical (unpaired) electrons. The molecule has 466 valence electrons. The monoisotopic (exact) mass is 1850 g/mol. The topological polar surface area (TPSA) is 505 Å². The van der Waals surface area contributed by atoms with E-state index in [2.05, 4.69) is 16.0 Å². The van der Waals surface area contributed by atoms with Crippen molar-refractivity contribution in [2.45, 2.75) is 54.9 Å². The average molecular weight is 1850 g/mol. The Kier molecular flexibility index (Phi) is 35.6. The van der Waals surface area contributed by atoms with Crippen LogP contribution in [-0.2, 0) is 4.74 Å². The average Bonchev–Trinajstić information content (AvgIpc) is 3.10. The van der Waals surface area contributed by atoms with Crippen molar-refractivity contribution in [3.05, 3.63) is 43.7 Å². The van der Waals surface area contributed by atoms with Crippen LogP contribution >= 0.6 is 136 Å². The molecule has 0 aliphatic rings. The molecule has 0 saturated heterocycles. The van der Waals surface area contributed by atoms with E-state index in [9.17, 15) is 116 Å². The largest absolute Gasteiger partial charge is 0.446 e. The molecular formula is C45H65I6N7O24. The summed E-state index contributed by atoms with van der Waals surface area (Å²) in [5.74, 6) is -4.02. The molecule has 0 heterocycles. The third-order valence-electron chi connectivity index (χ3n) is 11.1. The van der Waals surface area contributed by atoms with Crippen LogP contribution in [-0.4, -0.2) is 315 Å². The molecule has 2 rings (SSSR count). The molecule has 0 bridgehead atoms. The zero-order valence-electron chi connectivity index (χ0n) is 42.9. The fourth-order valence-corrected chi connectivity index (χ4v) is 15.8. The lowest BCUT2D eigenvalue weighted by Gasteiger charge is -2.30. The number of urea groups is 1. The molecule has 0 saturated carbocycles. The minimum Gasteiger partial charge on any atom is -0.446 e. The van der Waals surface area contributed by atoms with E-state index in [1.54, 1.807) is 136 Å². The van der Waals surface area contributed by atoms with Crippen LogP contribution in [0.3, 0.4) is 0 Å². The predicted molar refractivity (Wildman–Crippen MR) is 336 cm³/mol. The van der Waals surface area contributed by atoms with Crippen molar-refractivity contribution in [3.63, 3.8) is 0 Å². The molecule has 2 aromatic rings. The maximum absolute atomic E-state index is 14.4. The Bertz CT molecular complexity index is 2130. The first kappa shape index (κ1) is 76.7. The van der Waals surface area contributed by atoms with Crippen molar-refractivity contribution in [2.75, 3.05) is 129 Å². The van der Waals surface area contributed by atoms with Gasteiger partial charge in [-0.2, -0.15) is 0 Å². The minimum atomic E-state index is -1.72. The number of hydrogen-bond donors (Lipinski definition) is 20. The van der Waals surface area contributed by atoms with Crippen molar-refractivity contribution in [2.24, 2.45) is 0 Å². The number of nitrogens with one attached hydrogen (secondary N) is 3. The van der Waals surface area contributed by atoms with Crippen LogP contribution in [0.4, 0.5) is 21.0 Å². The van der Waals surface area contributed by atoms with Gasteiger partial charge in [0.15, 0.2) is 0 Å². The van der Waals surface area contributed by atoms with Crippen molar-refractivity contribution < 1.29 is 120 Å². The summed E-state index contributed by atoms with van der Waals surface area (Å²) in [6.45, 7) is -13.2. The third-order valence-corrected chi connectivity index (χ3v) is 17.6. The Labute approximate surface area is 549 Å². The van der Waals surface area contributed by atoms with Crippen LogP contribution in [0.15, 0.2) is 0 Å². The number of anilines is 2. The zero-order chi connectivity index (χ0) is 62.5. The van der Waals surface area contributed by atoms with E-state index in [0.29, 0.717) is 0 Å². The second kappa shape index (κ2) is 38.1. The second-order valence-electron chi connectivity index (χ2n) is 17.9. The van der Waals surface area contributed by atoms with Crippen LogP contribution in [0.2, 0.25) is 0 Å². The summed E-state index contributed by atoms with van der Waals surface area (Å²) < 4.78 is 4.71. The van der Waals surface area contributed by atoms with Gasteiger partial charge >= 0.3 is 12.1 Å². The lowest BCUT2D eigenvalue weighted by atomic mass is 10.1. The van der Waals surface area contributed by atoms with E-state index >= 15 is 0 Å². The van der Waals surface area contributed by atoms with Gasteiger partial charge in [-0.05, 0) is 136 Å². The van der Waals surface area contributed by atoms with Gasteiger partial charge in [-0.3, -0.25) is 24.5 Å². The third kappa shape index (κ3) is 22.6. The minimum absolute atomic E-state index is 0.0611. The molecule has 0 aromatic heterocycles. The van der Waals surface area contributed by atoms with Crippen LogP contribution < -0.4 is 16.0 Å². The van der Waals surface area contributed by atoms with Crippen LogP contribution in [0.1, 0.15) is 41.4 Å². The van der Waals surface area contributed by atoms with E-state index in [-0.39, 0.29) is 55.0 Å². The van der Waals surface area contributed by atoms with Crippen molar-refractivity contribution >= 4 is 183 Å². The van der Waals surface area contributed by atoms with Gasteiger partial charge in [0.05, 0.1) is 150 Å². The van der Waals surface area contributed by atoms with Crippen molar-refractivity contribution in [1.82, 2.24) is 24.9 Å². The van der Waals surface area contributed by atoms with Gasteiger partial charge in [0, 0.05) is 66.0 Å². The quantitative estimate of drug-likeness (QED) is 0.0291. The normalized spacial score (nSPS) is 14.8. The summed E-state index contributed by atoms with van der Waals surface area (Å²) in [6.07, 6.45) is -15.6. The Balaban J connectivity index is 2.67. The molecule has 0 aliphatic heterocycles. The van der Waals surface area contributed by atoms with E-state index in [0.717, 1.165) is 19.6 Å². The fourth-order valence-electron chi connectivity index (χ4n) is 7.13. The number of aliphatic hydroxyl groups excluding tert-OH is 17. The number of halogens is 6. The number of aliphatic hydroxyl groups is 17. The van der Waals surface area contributed by atoms with E-state index in [1.165, 1.54) is 0 Å². The second-order valence-corrected chi connectivity index (χ2v) is 24.4. The van der Waals surface area contributed by atoms with Gasteiger partial charge in [-0.25, -0.2) is 9.59 Å². The molecule has 31 nitrogen and oxygen atoms in total. The first-order valence-corrected chi connectivity index (χ1v) is 30.6. The molecule has 7 amide bonds. The number of rotatable bonds is 34. The molecule has 9 atom stereocenters. The molecule has 2 aromatic carbocycles. The molecule has 20 N–H and O–H groups in total. The first-order valence-electron chi connectivity index (χ1n) is 24.1. The summed E-state index contributed by atoms with van der Waals surface area (Å²) in [5, 5.41) is 178. The van der Waals surface area contributed by atoms with Crippen molar-refractivity contribution in [3.8, 4) is 0 Å². The van der Waals surface area contributed by atoms with Gasteiger partial charge < -0.3 is 122 Å². The SMILES string of the molecule is O=C(NCC(O)COC(=O)Nc1c(I)c(C(=O)N(CC(O)CO)CC(O)CO)c(I)c(C(=O)N(CC(O)CO)CC(O)CO)c1I)Nc1c(I)c(C(=O)N(CC(O)CO)CC(O)CO)c(I)c(C(=O)N(CC(O)CO)CC(O)CO)c1I.